The highest BCUT2D eigenvalue weighted by Gasteiger charge is 2.00. The molecule has 3 N–H and O–H groups in total. The maximum atomic E-state index is 5.72. The number of hydrogen-bond donors (Lipinski definition) is 2. The zero-order valence-corrected chi connectivity index (χ0v) is 7.80. The summed E-state index contributed by atoms with van der Waals surface area (Å²) in [6, 6.07) is 5.21. The Morgan fingerprint density at radius 3 is 2.25 bits per heavy atom. The van der Waals surface area contributed by atoms with E-state index in [4.69, 9.17) is 29.0 Å². The molecule has 0 aliphatic carbocycles. The van der Waals surface area contributed by atoms with Crippen molar-refractivity contribution in [1.29, 1.82) is 0 Å². The van der Waals surface area contributed by atoms with E-state index in [1.807, 2.05) is 0 Å². The van der Waals surface area contributed by atoms with Crippen molar-refractivity contribution in [3.63, 3.8) is 0 Å². The predicted molar refractivity (Wildman–Crippen MR) is 58.3 cm³/mol. The first-order valence-corrected chi connectivity index (χ1v) is 3.42. The van der Waals surface area contributed by atoms with Crippen molar-refractivity contribution in [3.8, 4) is 0 Å². The van der Waals surface area contributed by atoms with Gasteiger partial charge in [0.2, 0.25) is 0 Å². The Kier molecular flexibility index (Phi) is 7.64. The summed E-state index contributed by atoms with van der Waals surface area (Å²) in [5, 5.41) is 0.948. The van der Waals surface area contributed by atoms with Crippen LogP contribution in [0.3, 0.4) is 0 Å². The molecule has 0 saturated carbocycles. The number of rotatable bonds is 1. The van der Waals surface area contributed by atoms with Crippen molar-refractivity contribution in [3.05, 3.63) is 28.2 Å². The summed E-state index contributed by atoms with van der Waals surface area (Å²) in [4.78, 5) is 0. The van der Waals surface area contributed by atoms with Crippen LogP contribution < -0.4 is 11.3 Å². The molecule has 12 heavy (non-hydrogen) atoms. The van der Waals surface area contributed by atoms with Gasteiger partial charge in [-0.05, 0) is 12.1 Å². The van der Waals surface area contributed by atoms with Crippen LogP contribution in [0.1, 0.15) is 7.43 Å². The SMILES string of the molecule is C.Cl.NNc1cccc(Cl)c1Cl. The van der Waals surface area contributed by atoms with Crippen LogP contribution in [0.5, 0.6) is 0 Å². The summed E-state index contributed by atoms with van der Waals surface area (Å²) in [6.07, 6.45) is 0. The third-order valence-corrected chi connectivity index (χ3v) is 1.93. The number of hydrogen-bond acceptors (Lipinski definition) is 2. The summed E-state index contributed by atoms with van der Waals surface area (Å²) in [6.45, 7) is 0. The maximum absolute atomic E-state index is 5.72. The summed E-state index contributed by atoms with van der Waals surface area (Å²) < 4.78 is 0. The van der Waals surface area contributed by atoms with Crippen molar-refractivity contribution in [2.45, 2.75) is 7.43 Å². The fourth-order valence-corrected chi connectivity index (χ4v) is 0.970. The van der Waals surface area contributed by atoms with Gasteiger partial charge in [-0.2, -0.15) is 0 Å². The Morgan fingerprint density at radius 1 is 1.25 bits per heavy atom. The quantitative estimate of drug-likeness (QED) is 0.573. The zero-order chi connectivity index (χ0) is 7.56. The van der Waals surface area contributed by atoms with Crippen LogP contribution >= 0.6 is 35.6 Å². The lowest BCUT2D eigenvalue weighted by Gasteiger charge is -2.02. The Bertz CT molecular complexity index is 240. The molecule has 0 atom stereocenters. The molecule has 0 aliphatic heterocycles. The molecule has 1 rings (SSSR count). The normalized spacial score (nSPS) is 7.92. The molecule has 0 fully saturated rings. The molecular weight excluding hydrogens is 218 g/mol. The molecule has 0 aliphatic rings. The van der Waals surface area contributed by atoms with Crippen molar-refractivity contribution < 1.29 is 0 Å². The Balaban J connectivity index is 0. The van der Waals surface area contributed by atoms with E-state index >= 15 is 0 Å². The summed E-state index contributed by atoms with van der Waals surface area (Å²) in [5.41, 5.74) is 3.05. The molecule has 1 aromatic carbocycles. The summed E-state index contributed by atoms with van der Waals surface area (Å²) in [7, 11) is 0. The highest BCUT2D eigenvalue weighted by atomic mass is 35.5. The standard InChI is InChI=1S/C6H6Cl2N2.CH4.ClH/c7-4-2-1-3-5(10-9)6(4)8;;/h1-3,10H,9H2;1H4;1H. The second-order valence-corrected chi connectivity index (χ2v) is 2.53. The monoisotopic (exact) mass is 228 g/mol. The van der Waals surface area contributed by atoms with Crippen molar-refractivity contribution in [1.82, 2.24) is 0 Å². The fraction of sp³-hybridized carbons (Fsp3) is 0.143. The first kappa shape index (κ1) is 14.4. The molecule has 0 amide bonds. The number of halogens is 3. The van der Waals surface area contributed by atoms with Gasteiger partial charge in [-0.15, -0.1) is 12.4 Å². The lowest BCUT2D eigenvalue weighted by Crippen LogP contribution is -2.06. The Labute approximate surface area is 88.4 Å². The molecule has 70 valence electrons. The fourth-order valence-electron chi connectivity index (χ4n) is 0.615. The molecule has 2 nitrogen and oxygen atoms in total. The van der Waals surface area contributed by atoms with E-state index < -0.39 is 0 Å². The average molecular weight is 230 g/mol. The number of nitrogens with two attached hydrogens (primary N) is 1. The predicted octanol–water partition coefficient (Wildman–Crippen LogP) is 3.34. The van der Waals surface area contributed by atoms with Gasteiger partial charge in [0.25, 0.3) is 0 Å². The van der Waals surface area contributed by atoms with Gasteiger partial charge in [-0.1, -0.05) is 36.7 Å². The molecule has 0 unspecified atom stereocenters. The Hall–Kier alpha value is -0.150. The molecule has 1 aromatic rings. The molecule has 0 bridgehead atoms. The van der Waals surface area contributed by atoms with Gasteiger partial charge in [-0.3, -0.25) is 5.84 Å². The van der Waals surface area contributed by atoms with Gasteiger partial charge in [0.15, 0.2) is 0 Å². The molecule has 0 saturated heterocycles. The van der Waals surface area contributed by atoms with Crippen LogP contribution in [-0.4, -0.2) is 0 Å². The van der Waals surface area contributed by atoms with E-state index in [-0.39, 0.29) is 19.8 Å². The molecular formula is C7H11Cl3N2. The maximum Gasteiger partial charge on any atom is 0.0836 e. The van der Waals surface area contributed by atoms with Crippen molar-refractivity contribution in [2.75, 3.05) is 5.43 Å². The second-order valence-electron chi connectivity index (χ2n) is 1.75. The van der Waals surface area contributed by atoms with E-state index in [9.17, 15) is 0 Å². The topological polar surface area (TPSA) is 38.0 Å². The van der Waals surface area contributed by atoms with Crippen LogP contribution in [-0.2, 0) is 0 Å². The van der Waals surface area contributed by atoms with Crippen LogP contribution in [0.25, 0.3) is 0 Å². The smallest absolute Gasteiger partial charge is 0.0836 e. The van der Waals surface area contributed by atoms with E-state index in [1.165, 1.54) is 0 Å². The van der Waals surface area contributed by atoms with Gasteiger partial charge in [0, 0.05) is 0 Å². The largest absolute Gasteiger partial charge is 0.323 e. The van der Waals surface area contributed by atoms with Crippen LogP contribution in [0.2, 0.25) is 10.0 Å². The third kappa shape index (κ3) is 3.07. The summed E-state index contributed by atoms with van der Waals surface area (Å²) in [5.74, 6) is 5.13. The molecule has 0 spiro atoms. The van der Waals surface area contributed by atoms with E-state index in [0.29, 0.717) is 15.7 Å². The minimum absolute atomic E-state index is 0. The minimum atomic E-state index is 0. The van der Waals surface area contributed by atoms with Crippen LogP contribution in [0, 0.1) is 0 Å². The van der Waals surface area contributed by atoms with Gasteiger partial charge < -0.3 is 5.43 Å². The first-order valence-electron chi connectivity index (χ1n) is 2.66. The van der Waals surface area contributed by atoms with E-state index in [0.717, 1.165) is 0 Å². The van der Waals surface area contributed by atoms with Crippen molar-refractivity contribution >= 4 is 41.3 Å². The minimum Gasteiger partial charge on any atom is -0.323 e. The highest BCUT2D eigenvalue weighted by Crippen LogP contribution is 2.28. The molecule has 5 heteroatoms. The van der Waals surface area contributed by atoms with Gasteiger partial charge in [0.1, 0.15) is 0 Å². The number of nitrogen functional groups attached to an aromatic ring is 1. The van der Waals surface area contributed by atoms with Gasteiger partial charge in [0.05, 0.1) is 15.7 Å². The second kappa shape index (κ2) is 6.38. The summed E-state index contributed by atoms with van der Waals surface area (Å²) >= 11 is 11.4. The van der Waals surface area contributed by atoms with Crippen LogP contribution in [0.15, 0.2) is 18.2 Å². The number of anilines is 1. The van der Waals surface area contributed by atoms with E-state index in [2.05, 4.69) is 5.43 Å². The number of nitrogens with one attached hydrogen (secondary N) is 1. The van der Waals surface area contributed by atoms with Gasteiger partial charge >= 0.3 is 0 Å². The molecule has 0 radical (unpaired) electrons. The lowest BCUT2D eigenvalue weighted by atomic mass is 10.3. The Morgan fingerprint density at radius 2 is 1.83 bits per heavy atom. The van der Waals surface area contributed by atoms with Gasteiger partial charge in [-0.25, -0.2) is 0 Å². The lowest BCUT2D eigenvalue weighted by molar-refractivity contribution is 1.35. The molecule has 0 aromatic heterocycles. The average Bonchev–Trinajstić information content (AvgIpc) is 1.95. The van der Waals surface area contributed by atoms with Crippen molar-refractivity contribution in [2.24, 2.45) is 5.84 Å². The molecule has 0 heterocycles. The third-order valence-electron chi connectivity index (χ3n) is 1.11. The zero-order valence-electron chi connectivity index (χ0n) is 5.47. The first-order chi connectivity index (χ1) is 4.75. The van der Waals surface area contributed by atoms with E-state index in [1.54, 1.807) is 18.2 Å². The number of benzene rings is 1. The number of hydrazine groups is 1. The van der Waals surface area contributed by atoms with Crippen LogP contribution in [0.4, 0.5) is 5.69 Å². The highest BCUT2D eigenvalue weighted by molar-refractivity contribution is 6.43.